The minimum atomic E-state index is -4.66. The average molecular weight is 506 g/mol. The highest BCUT2D eigenvalue weighted by Crippen LogP contribution is 2.38. The lowest BCUT2D eigenvalue weighted by molar-refractivity contribution is -0.137. The van der Waals surface area contributed by atoms with Crippen LogP contribution < -0.4 is 10.1 Å². The molecule has 0 radical (unpaired) electrons. The van der Waals surface area contributed by atoms with E-state index in [0.29, 0.717) is 11.2 Å². The molecule has 35 heavy (non-hydrogen) atoms. The molecule has 1 aromatic heterocycles. The Kier molecular flexibility index (Phi) is 6.97. The average Bonchev–Trinajstić information content (AvgIpc) is 3.27. The number of nitrogens with one attached hydrogen (secondary N) is 2. The van der Waals surface area contributed by atoms with Gasteiger partial charge in [0.25, 0.3) is 5.91 Å². The normalized spacial score (nSPS) is 12.5. The van der Waals surface area contributed by atoms with Crippen LogP contribution in [0, 0.1) is 0 Å². The molecule has 4 N–H and O–H groups in total. The van der Waals surface area contributed by atoms with Gasteiger partial charge >= 0.3 is 6.18 Å². The fraction of sp³-hybridized carbons (Fsp3) is 0.167. The van der Waals surface area contributed by atoms with Crippen molar-refractivity contribution in [2.75, 3.05) is 18.5 Å². The second-order valence-corrected chi connectivity index (χ2v) is 8.01. The number of aliphatic hydroxyl groups is 2. The van der Waals surface area contributed by atoms with E-state index in [2.05, 4.69) is 15.3 Å². The number of fused-ring (bicyclic) bond motifs is 1. The molecular weight excluding hydrogens is 487 g/mol. The Morgan fingerprint density at radius 2 is 1.91 bits per heavy atom. The molecule has 3 aromatic carbocycles. The summed E-state index contributed by atoms with van der Waals surface area (Å²) in [6.45, 7) is -0.675. The van der Waals surface area contributed by atoms with E-state index in [1.54, 1.807) is 36.4 Å². The zero-order chi connectivity index (χ0) is 25.2. The van der Waals surface area contributed by atoms with E-state index in [9.17, 15) is 23.1 Å². The number of carbonyl (C=O) groups is 1. The number of para-hydroxylation sites is 3. The molecule has 0 saturated carbocycles. The monoisotopic (exact) mass is 505 g/mol. The van der Waals surface area contributed by atoms with Gasteiger partial charge in [0.1, 0.15) is 29.8 Å². The number of nitrogens with zero attached hydrogens (tertiary/aromatic N) is 1. The summed E-state index contributed by atoms with van der Waals surface area (Å²) in [6, 6.07) is 14.5. The van der Waals surface area contributed by atoms with Crippen molar-refractivity contribution in [1.82, 2.24) is 9.97 Å². The molecular formula is C24H19ClF3N3O4. The number of hydrogen-bond donors (Lipinski definition) is 4. The van der Waals surface area contributed by atoms with Gasteiger partial charge in [0, 0.05) is 10.6 Å². The predicted molar refractivity (Wildman–Crippen MR) is 125 cm³/mol. The lowest BCUT2D eigenvalue weighted by Crippen LogP contribution is -2.22. The number of hydrogen-bond acceptors (Lipinski definition) is 5. The number of amides is 1. The molecule has 7 nitrogen and oxygen atoms in total. The number of anilines is 1. The summed E-state index contributed by atoms with van der Waals surface area (Å²) in [5.74, 6) is -0.371. The molecule has 0 aliphatic carbocycles. The number of benzene rings is 3. The first-order chi connectivity index (χ1) is 16.7. The topological polar surface area (TPSA) is 107 Å². The van der Waals surface area contributed by atoms with Gasteiger partial charge in [0.05, 0.1) is 28.9 Å². The summed E-state index contributed by atoms with van der Waals surface area (Å²) < 4.78 is 46.2. The van der Waals surface area contributed by atoms with Gasteiger partial charge in [-0.15, -0.1) is 0 Å². The number of alkyl halides is 3. The van der Waals surface area contributed by atoms with E-state index in [4.69, 9.17) is 21.4 Å². The minimum absolute atomic E-state index is 0.0639. The molecule has 1 unspecified atom stereocenters. The van der Waals surface area contributed by atoms with E-state index < -0.39 is 30.4 Å². The summed E-state index contributed by atoms with van der Waals surface area (Å²) in [6.07, 6.45) is -5.75. The quantitative estimate of drug-likeness (QED) is 0.286. The van der Waals surface area contributed by atoms with Crippen molar-refractivity contribution in [2.45, 2.75) is 12.3 Å². The number of halogens is 4. The van der Waals surface area contributed by atoms with Crippen LogP contribution in [0.15, 0.2) is 60.7 Å². The molecule has 4 rings (SSSR count). The van der Waals surface area contributed by atoms with Gasteiger partial charge in [-0.3, -0.25) is 4.79 Å². The van der Waals surface area contributed by atoms with E-state index in [1.165, 1.54) is 18.2 Å². The first-order valence-corrected chi connectivity index (χ1v) is 10.7. The first-order valence-electron chi connectivity index (χ1n) is 10.4. The van der Waals surface area contributed by atoms with Crippen LogP contribution in [0.5, 0.6) is 5.75 Å². The number of aliphatic hydroxyl groups excluding tert-OH is 2. The zero-order valence-corrected chi connectivity index (χ0v) is 18.7. The number of ether oxygens (including phenoxy) is 1. The zero-order valence-electron chi connectivity index (χ0n) is 17.9. The number of H-pyrrole nitrogens is 1. The van der Waals surface area contributed by atoms with Crippen molar-refractivity contribution in [2.24, 2.45) is 0 Å². The van der Waals surface area contributed by atoms with E-state index in [-0.39, 0.29) is 39.8 Å². The first kappa shape index (κ1) is 24.5. The van der Waals surface area contributed by atoms with Gasteiger partial charge in [-0.25, -0.2) is 4.98 Å². The SMILES string of the molecule is O=C(Nc1ccccc1OCC(O)CO)c1cccc2[nH]c(-c3ccc(Cl)cc3C(F)(F)F)nc12. The van der Waals surface area contributed by atoms with Crippen molar-refractivity contribution in [3.63, 3.8) is 0 Å². The third-order valence-corrected chi connectivity index (χ3v) is 5.31. The lowest BCUT2D eigenvalue weighted by atomic mass is 10.1. The lowest BCUT2D eigenvalue weighted by Gasteiger charge is -2.14. The van der Waals surface area contributed by atoms with Crippen LogP contribution in [0.2, 0.25) is 5.02 Å². The fourth-order valence-corrected chi connectivity index (χ4v) is 3.60. The minimum Gasteiger partial charge on any atom is -0.489 e. The van der Waals surface area contributed by atoms with Crippen molar-refractivity contribution in [3.05, 3.63) is 76.8 Å². The standard InChI is InChI=1S/C24H19ClF3N3O4/c25-13-8-9-15(17(10-13)24(26,27)28)22-29-19-6-3-4-16(21(19)31-22)23(34)30-18-5-1-2-7-20(18)35-12-14(33)11-32/h1-10,14,32-33H,11-12H2,(H,29,31)(H,30,34). The maximum Gasteiger partial charge on any atom is 0.417 e. The Labute approximate surface area is 202 Å². The van der Waals surface area contributed by atoms with Gasteiger partial charge in [-0.1, -0.05) is 29.8 Å². The van der Waals surface area contributed by atoms with Crippen LogP contribution in [0.4, 0.5) is 18.9 Å². The predicted octanol–water partition coefficient (Wildman–Crippen LogP) is 4.89. The van der Waals surface area contributed by atoms with Gasteiger partial charge in [0.15, 0.2) is 0 Å². The van der Waals surface area contributed by atoms with Crippen LogP contribution in [0.1, 0.15) is 15.9 Å². The summed E-state index contributed by atoms with van der Waals surface area (Å²) in [7, 11) is 0. The highest BCUT2D eigenvalue weighted by Gasteiger charge is 2.35. The van der Waals surface area contributed by atoms with Crippen molar-refractivity contribution in [1.29, 1.82) is 0 Å². The molecule has 0 aliphatic heterocycles. The molecule has 1 heterocycles. The third-order valence-electron chi connectivity index (χ3n) is 5.08. The molecule has 11 heteroatoms. The third kappa shape index (κ3) is 5.40. The molecule has 4 aromatic rings. The number of aromatic amines is 1. The Morgan fingerprint density at radius 1 is 1.14 bits per heavy atom. The van der Waals surface area contributed by atoms with Gasteiger partial charge in [0.2, 0.25) is 0 Å². The molecule has 1 amide bonds. The summed E-state index contributed by atoms with van der Waals surface area (Å²) in [4.78, 5) is 20.2. The molecule has 0 fully saturated rings. The molecule has 0 bridgehead atoms. The van der Waals surface area contributed by atoms with Crippen LogP contribution in [-0.4, -0.2) is 45.4 Å². The van der Waals surface area contributed by atoms with Crippen LogP contribution in [0.25, 0.3) is 22.4 Å². The molecule has 1 atom stereocenters. The molecule has 0 aliphatic rings. The second kappa shape index (κ2) is 9.95. The molecule has 182 valence electrons. The highest BCUT2D eigenvalue weighted by atomic mass is 35.5. The Morgan fingerprint density at radius 3 is 2.66 bits per heavy atom. The van der Waals surface area contributed by atoms with Crippen LogP contribution >= 0.6 is 11.6 Å². The molecule has 0 spiro atoms. The maximum absolute atomic E-state index is 13.6. The number of imidazole rings is 1. The maximum atomic E-state index is 13.6. The van der Waals surface area contributed by atoms with Gasteiger partial charge in [-0.05, 0) is 42.5 Å². The number of rotatable bonds is 7. The van der Waals surface area contributed by atoms with Crippen molar-refractivity contribution in [3.8, 4) is 17.1 Å². The van der Waals surface area contributed by atoms with Gasteiger partial charge in [-0.2, -0.15) is 13.2 Å². The summed E-state index contributed by atoms with van der Waals surface area (Å²) in [5.41, 5.74) is -0.189. The van der Waals surface area contributed by atoms with E-state index in [0.717, 1.165) is 6.07 Å². The molecule has 0 saturated heterocycles. The van der Waals surface area contributed by atoms with Crippen molar-refractivity contribution >= 4 is 34.2 Å². The summed E-state index contributed by atoms with van der Waals surface area (Å²) in [5, 5.41) is 21.1. The van der Waals surface area contributed by atoms with Crippen LogP contribution in [0.3, 0.4) is 0 Å². The highest BCUT2D eigenvalue weighted by molar-refractivity contribution is 6.30. The Balaban J connectivity index is 1.68. The number of aromatic nitrogens is 2. The van der Waals surface area contributed by atoms with Crippen molar-refractivity contribution < 1.29 is 32.9 Å². The smallest absolute Gasteiger partial charge is 0.417 e. The Hall–Kier alpha value is -3.60. The Bertz CT molecular complexity index is 1370. The summed E-state index contributed by atoms with van der Waals surface area (Å²) >= 11 is 5.77. The van der Waals surface area contributed by atoms with E-state index in [1.807, 2.05) is 0 Å². The van der Waals surface area contributed by atoms with E-state index >= 15 is 0 Å². The van der Waals surface area contributed by atoms with Crippen LogP contribution in [-0.2, 0) is 6.18 Å². The number of carbonyl (C=O) groups excluding carboxylic acids is 1. The van der Waals surface area contributed by atoms with Gasteiger partial charge < -0.3 is 25.3 Å². The largest absolute Gasteiger partial charge is 0.489 e. The fourth-order valence-electron chi connectivity index (χ4n) is 3.42. The second-order valence-electron chi connectivity index (χ2n) is 7.57.